The highest BCUT2D eigenvalue weighted by atomic mass is 19.1. The summed E-state index contributed by atoms with van der Waals surface area (Å²) in [5, 5.41) is 20.5. The van der Waals surface area contributed by atoms with Gasteiger partial charge in [-0.2, -0.15) is 0 Å². The van der Waals surface area contributed by atoms with Gasteiger partial charge in [0.2, 0.25) is 0 Å². The number of carboxylic acids is 1. The van der Waals surface area contributed by atoms with Crippen LogP contribution in [0.1, 0.15) is 16.1 Å². The van der Waals surface area contributed by atoms with Crippen LogP contribution < -0.4 is 5.32 Å². The maximum atomic E-state index is 13.5. The molecular formula is C14H11FN2O4. The summed E-state index contributed by atoms with van der Waals surface area (Å²) in [5.74, 6) is -3.15. The van der Waals surface area contributed by atoms with Crippen LogP contribution >= 0.6 is 0 Å². The molecule has 0 spiro atoms. The lowest BCUT2D eigenvalue weighted by molar-refractivity contribution is -0.136. The number of nitrogens with one attached hydrogen (secondary N) is 1. The summed E-state index contributed by atoms with van der Waals surface area (Å²) < 4.78 is 13.5. The number of carboxylic acid groups (broad SMARTS) is 1. The number of hydrogen-bond donors (Lipinski definition) is 3. The number of aromatic hydroxyl groups is 1. The highest BCUT2D eigenvalue weighted by Crippen LogP contribution is 2.21. The lowest BCUT2D eigenvalue weighted by Crippen LogP contribution is -2.14. The third-order valence-electron chi connectivity index (χ3n) is 2.63. The molecule has 1 aromatic heterocycles. The van der Waals surface area contributed by atoms with Gasteiger partial charge in [-0.1, -0.05) is 6.07 Å². The van der Waals surface area contributed by atoms with E-state index in [9.17, 15) is 19.1 Å². The Morgan fingerprint density at radius 1 is 1.24 bits per heavy atom. The Morgan fingerprint density at radius 3 is 2.57 bits per heavy atom. The van der Waals surface area contributed by atoms with Crippen LogP contribution in [0.2, 0.25) is 0 Å². The average molecular weight is 290 g/mol. The van der Waals surface area contributed by atoms with Crippen molar-refractivity contribution in [2.45, 2.75) is 6.42 Å². The van der Waals surface area contributed by atoms with Gasteiger partial charge in [0.1, 0.15) is 17.1 Å². The first-order valence-corrected chi connectivity index (χ1v) is 5.93. The second kappa shape index (κ2) is 6.00. The lowest BCUT2D eigenvalue weighted by Gasteiger charge is -2.07. The summed E-state index contributed by atoms with van der Waals surface area (Å²) in [6, 6.07) is 6.42. The van der Waals surface area contributed by atoms with Crippen molar-refractivity contribution in [3.05, 3.63) is 53.6 Å². The average Bonchev–Trinajstić information content (AvgIpc) is 2.40. The van der Waals surface area contributed by atoms with E-state index in [1.165, 1.54) is 30.5 Å². The number of aliphatic carboxylic acids is 1. The molecule has 2 rings (SSSR count). The van der Waals surface area contributed by atoms with Crippen molar-refractivity contribution in [1.82, 2.24) is 4.98 Å². The molecule has 0 saturated heterocycles. The van der Waals surface area contributed by atoms with E-state index in [2.05, 4.69) is 10.3 Å². The van der Waals surface area contributed by atoms with E-state index in [-0.39, 0.29) is 12.1 Å². The molecule has 0 aliphatic carbocycles. The van der Waals surface area contributed by atoms with Crippen molar-refractivity contribution in [2.24, 2.45) is 0 Å². The van der Waals surface area contributed by atoms with Gasteiger partial charge in [0, 0.05) is 0 Å². The summed E-state index contributed by atoms with van der Waals surface area (Å²) in [7, 11) is 0. The van der Waals surface area contributed by atoms with E-state index >= 15 is 0 Å². The van der Waals surface area contributed by atoms with E-state index in [4.69, 9.17) is 5.11 Å². The second-order valence-electron chi connectivity index (χ2n) is 4.20. The zero-order valence-corrected chi connectivity index (χ0v) is 10.7. The Hall–Kier alpha value is -2.96. The number of phenols is 1. The minimum atomic E-state index is -1.02. The SMILES string of the molecule is O=C(O)Cc1ccc(NC(=O)c2c(O)cccc2F)cn1. The van der Waals surface area contributed by atoms with Gasteiger partial charge in [-0.3, -0.25) is 14.6 Å². The van der Waals surface area contributed by atoms with Crippen LogP contribution in [-0.2, 0) is 11.2 Å². The highest BCUT2D eigenvalue weighted by Gasteiger charge is 2.16. The van der Waals surface area contributed by atoms with Gasteiger partial charge >= 0.3 is 5.97 Å². The van der Waals surface area contributed by atoms with Crippen molar-refractivity contribution in [2.75, 3.05) is 5.32 Å². The number of rotatable bonds is 4. The van der Waals surface area contributed by atoms with Gasteiger partial charge in [-0.05, 0) is 24.3 Å². The third kappa shape index (κ3) is 3.53. The van der Waals surface area contributed by atoms with Gasteiger partial charge in [-0.25, -0.2) is 4.39 Å². The van der Waals surface area contributed by atoms with E-state index in [0.29, 0.717) is 5.69 Å². The number of aromatic nitrogens is 1. The molecule has 0 unspecified atom stereocenters. The molecule has 21 heavy (non-hydrogen) atoms. The Bertz CT molecular complexity index is 666. The van der Waals surface area contributed by atoms with E-state index < -0.39 is 29.0 Å². The molecule has 0 aliphatic heterocycles. The predicted molar refractivity (Wildman–Crippen MR) is 71.6 cm³/mol. The number of anilines is 1. The number of halogens is 1. The molecule has 2 aromatic rings. The van der Waals surface area contributed by atoms with E-state index in [1.54, 1.807) is 0 Å². The first kappa shape index (κ1) is 14.4. The zero-order chi connectivity index (χ0) is 15.4. The molecule has 0 bridgehead atoms. The summed E-state index contributed by atoms with van der Waals surface area (Å²) >= 11 is 0. The molecule has 0 aliphatic rings. The summed E-state index contributed by atoms with van der Waals surface area (Å²) in [6.07, 6.45) is 1.02. The van der Waals surface area contributed by atoms with E-state index in [0.717, 1.165) is 6.07 Å². The van der Waals surface area contributed by atoms with E-state index in [1.807, 2.05) is 0 Å². The molecule has 3 N–H and O–H groups in total. The van der Waals surface area contributed by atoms with Crippen LogP contribution in [0.3, 0.4) is 0 Å². The Morgan fingerprint density at radius 2 is 2.00 bits per heavy atom. The Balaban J connectivity index is 2.14. The van der Waals surface area contributed by atoms with Gasteiger partial charge in [0.25, 0.3) is 5.91 Å². The summed E-state index contributed by atoms with van der Waals surface area (Å²) in [5.41, 5.74) is 0.123. The van der Waals surface area contributed by atoms with Crippen LogP contribution in [0.5, 0.6) is 5.75 Å². The van der Waals surface area contributed by atoms with Crippen molar-refractivity contribution >= 4 is 17.6 Å². The maximum absolute atomic E-state index is 13.5. The van der Waals surface area contributed by atoms with Crippen molar-refractivity contribution in [3.8, 4) is 5.75 Å². The standard InChI is InChI=1S/C14H11FN2O4/c15-10-2-1-3-11(18)13(10)14(21)17-9-5-4-8(16-7-9)6-12(19)20/h1-5,7,18H,6H2,(H,17,21)(H,19,20). The fraction of sp³-hybridized carbons (Fsp3) is 0.0714. The smallest absolute Gasteiger partial charge is 0.309 e. The summed E-state index contributed by atoms with van der Waals surface area (Å²) in [4.78, 5) is 26.3. The molecule has 108 valence electrons. The largest absolute Gasteiger partial charge is 0.507 e. The van der Waals surface area contributed by atoms with Crippen LogP contribution in [0.25, 0.3) is 0 Å². The quantitative estimate of drug-likeness (QED) is 0.797. The van der Waals surface area contributed by atoms with Crippen molar-refractivity contribution in [3.63, 3.8) is 0 Å². The molecule has 0 radical (unpaired) electrons. The van der Waals surface area contributed by atoms with Crippen molar-refractivity contribution in [1.29, 1.82) is 0 Å². The Kier molecular flexibility index (Phi) is 4.13. The van der Waals surface area contributed by atoms with Gasteiger partial charge in [0.15, 0.2) is 0 Å². The number of carbonyl (C=O) groups is 2. The minimum absolute atomic E-state index is 0.234. The van der Waals surface area contributed by atoms with Crippen LogP contribution in [0.4, 0.5) is 10.1 Å². The van der Waals surface area contributed by atoms with Gasteiger partial charge in [0.05, 0.1) is 24.0 Å². The number of nitrogens with zero attached hydrogens (tertiary/aromatic N) is 1. The lowest BCUT2D eigenvalue weighted by atomic mass is 10.1. The monoisotopic (exact) mass is 290 g/mol. The Labute approximate surface area is 118 Å². The number of pyridine rings is 1. The minimum Gasteiger partial charge on any atom is -0.507 e. The normalized spacial score (nSPS) is 10.1. The molecule has 1 amide bonds. The molecule has 6 nitrogen and oxygen atoms in total. The molecular weight excluding hydrogens is 279 g/mol. The first-order chi connectivity index (χ1) is 9.97. The van der Waals surface area contributed by atoms with Crippen LogP contribution in [-0.4, -0.2) is 27.1 Å². The van der Waals surface area contributed by atoms with Crippen LogP contribution in [0.15, 0.2) is 36.5 Å². The first-order valence-electron chi connectivity index (χ1n) is 5.93. The third-order valence-corrected chi connectivity index (χ3v) is 2.63. The van der Waals surface area contributed by atoms with Gasteiger partial charge < -0.3 is 15.5 Å². The van der Waals surface area contributed by atoms with Gasteiger partial charge in [-0.15, -0.1) is 0 Å². The number of amides is 1. The second-order valence-corrected chi connectivity index (χ2v) is 4.20. The molecule has 0 saturated carbocycles. The molecule has 0 atom stereocenters. The number of hydrogen-bond acceptors (Lipinski definition) is 4. The van der Waals surface area contributed by atoms with Crippen molar-refractivity contribution < 1.29 is 24.2 Å². The maximum Gasteiger partial charge on any atom is 0.309 e. The molecule has 7 heteroatoms. The number of carbonyl (C=O) groups excluding carboxylic acids is 1. The predicted octanol–water partition coefficient (Wildman–Crippen LogP) is 1.81. The molecule has 0 fully saturated rings. The molecule has 1 aromatic carbocycles. The van der Waals surface area contributed by atoms with Crippen LogP contribution in [0, 0.1) is 5.82 Å². The zero-order valence-electron chi connectivity index (χ0n) is 10.7. The topological polar surface area (TPSA) is 99.5 Å². The number of benzene rings is 1. The number of phenolic OH excluding ortho intramolecular Hbond substituents is 1. The fourth-order valence-electron chi connectivity index (χ4n) is 1.69. The summed E-state index contributed by atoms with van der Waals surface area (Å²) in [6.45, 7) is 0. The highest BCUT2D eigenvalue weighted by molar-refractivity contribution is 6.06. The fourth-order valence-corrected chi connectivity index (χ4v) is 1.69. The molecule has 1 heterocycles.